The smallest absolute Gasteiger partial charge is 0.200 e. The molecule has 0 bridgehead atoms. The van der Waals surface area contributed by atoms with Gasteiger partial charge in [0.2, 0.25) is 0 Å². The SMILES string of the molecule is Brc1csc(CNc2ncc[nH]2)c1. The molecule has 0 saturated heterocycles. The molecular formula is C8H8BrN3S. The maximum absolute atomic E-state index is 4.06. The third-order valence-corrected chi connectivity index (χ3v) is 3.25. The van der Waals surface area contributed by atoms with Crippen LogP contribution in [0.3, 0.4) is 0 Å². The third-order valence-electron chi connectivity index (χ3n) is 1.55. The lowest BCUT2D eigenvalue weighted by Crippen LogP contribution is -1.98. The Morgan fingerprint density at radius 2 is 2.54 bits per heavy atom. The number of hydrogen-bond acceptors (Lipinski definition) is 3. The Labute approximate surface area is 88.3 Å². The van der Waals surface area contributed by atoms with E-state index in [4.69, 9.17) is 0 Å². The maximum atomic E-state index is 4.06. The molecule has 2 rings (SSSR count). The summed E-state index contributed by atoms with van der Waals surface area (Å²) in [5.41, 5.74) is 0. The first-order valence-corrected chi connectivity index (χ1v) is 5.48. The molecular weight excluding hydrogens is 250 g/mol. The minimum absolute atomic E-state index is 0.809. The fraction of sp³-hybridized carbons (Fsp3) is 0.125. The standard InChI is InChI=1S/C8H8BrN3S/c9-6-3-7(13-5-6)4-12-8-10-1-2-11-8/h1-3,5H,4H2,(H2,10,11,12). The number of H-pyrrole nitrogens is 1. The molecule has 0 radical (unpaired) electrons. The predicted octanol–water partition coefficient (Wildman–Crippen LogP) is 2.85. The fourth-order valence-corrected chi connectivity index (χ4v) is 2.37. The van der Waals surface area contributed by atoms with E-state index in [0.717, 1.165) is 17.0 Å². The molecule has 0 unspecified atom stereocenters. The molecule has 0 aromatic carbocycles. The second-order valence-electron chi connectivity index (χ2n) is 2.52. The first-order chi connectivity index (χ1) is 6.34. The number of aromatic amines is 1. The number of aromatic nitrogens is 2. The van der Waals surface area contributed by atoms with E-state index in [0.29, 0.717) is 0 Å². The lowest BCUT2D eigenvalue weighted by molar-refractivity contribution is 1.12. The monoisotopic (exact) mass is 257 g/mol. The average Bonchev–Trinajstić information content (AvgIpc) is 2.71. The average molecular weight is 258 g/mol. The van der Waals surface area contributed by atoms with E-state index in [1.165, 1.54) is 4.88 Å². The number of nitrogens with one attached hydrogen (secondary N) is 2. The van der Waals surface area contributed by atoms with Gasteiger partial charge >= 0.3 is 0 Å². The second kappa shape index (κ2) is 3.93. The van der Waals surface area contributed by atoms with Crippen molar-refractivity contribution in [3.05, 3.63) is 33.2 Å². The van der Waals surface area contributed by atoms with Crippen LogP contribution in [0.4, 0.5) is 5.95 Å². The Morgan fingerprint density at radius 3 is 3.15 bits per heavy atom. The normalized spacial score (nSPS) is 10.2. The van der Waals surface area contributed by atoms with E-state index in [1.807, 2.05) is 0 Å². The van der Waals surface area contributed by atoms with Crippen molar-refractivity contribution in [1.29, 1.82) is 0 Å². The van der Waals surface area contributed by atoms with Gasteiger partial charge in [0.15, 0.2) is 5.95 Å². The van der Waals surface area contributed by atoms with Crippen molar-refractivity contribution in [2.45, 2.75) is 6.54 Å². The minimum atomic E-state index is 0.809. The molecule has 0 aliphatic heterocycles. The number of nitrogens with zero attached hydrogens (tertiary/aromatic N) is 1. The van der Waals surface area contributed by atoms with E-state index in [9.17, 15) is 0 Å². The van der Waals surface area contributed by atoms with Crippen molar-refractivity contribution in [3.63, 3.8) is 0 Å². The van der Waals surface area contributed by atoms with Crippen molar-refractivity contribution in [1.82, 2.24) is 9.97 Å². The summed E-state index contributed by atoms with van der Waals surface area (Å²) in [5.74, 6) is 0.810. The van der Waals surface area contributed by atoms with Crippen molar-refractivity contribution in [3.8, 4) is 0 Å². The zero-order valence-corrected chi connectivity index (χ0v) is 9.15. The van der Waals surface area contributed by atoms with Gasteiger partial charge in [-0.15, -0.1) is 11.3 Å². The molecule has 0 spiro atoms. The van der Waals surface area contributed by atoms with Crippen LogP contribution in [0.5, 0.6) is 0 Å². The fourth-order valence-electron chi connectivity index (χ4n) is 0.979. The van der Waals surface area contributed by atoms with Gasteiger partial charge in [-0.25, -0.2) is 4.98 Å². The zero-order chi connectivity index (χ0) is 9.10. The molecule has 0 aliphatic rings. The summed E-state index contributed by atoms with van der Waals surface area (Å²) in [4.78, 5) is 8.33. The molecule has 5 heteroatoms. The van der Waals surface area contributed by atoms with Crippen LogP contribution in [0, 0.1) is 0 Å². The van der Waals surface area contributed by atoms with Crippen molar-refractivity contribution in [2.75, 3.05) is 5.32 Å². The molecule has 68 valence electrons. The molecule has 0 fully saturated rings. The van der Waals surface area contributed by atoms with Crippen LogP contribution in [0.25, 0.3) is 0 Å². The topological polar surface area (TPSA) is 40.7 Å². The van der Waals surface area contributed by atoms with Gasteiger partial charge in [-0.1, -0.05) is 0 Å². The van der Waals surface area contributed by atoms with Crippen molar-refractivity contribution >= 4 is 33.2 Å². The Bertz CT molecular complexity index is 368. The van der Waals surface area contributed by atoms with Gasteiger partial charge in [-0.05, 0) is 22.0 Å². The summed E-state index contributed by atoms with van der Waals surface area (Å²) in [5, 5.41) is 5.25. The highest BCUT2D eigenvalue weighted by atomic mass is 79.9. The number of halogens is 1. The van der Waals surface area contributed by atoms with Gasteiger partial charge in [-0.2, -0.15) is 0 Å². The Kier molecular flexibility index (Phi) is 2.65. The summed E-state index contributed by atoms with van der Waals surface area (Å²) < 4.78 is 1.13. The minimum Gasteiger partial charge on any atom is -0.351 e. The predicted molar refractivity (Wildman–Crippen MR) is 57.9 cm³/mol. The number of hydrogen-bond donors (Lipinski definition) is 2. The highest BCUT2D eigenvalue weighted by molar-refractivity contribution is 9.10. The molecule has 2 N–H and O–H groups in total. The third kappa shape index (κ3) is 2.32. The number of anilines is 1. The van der Waals surface area contributed by atoms with Crippen LogP contribution in [0.2, 0.25) is 0 Å². The summed E-state index contributed by atoms with van der Waals surface area (Å²) >= 11 is 5.13. The highest BCUT2D eigenvalue weighted by Crippen LogP contribution is 2.20. The van der Waals surface area contributed by atoms with E-state index in [-0.39, 0.29) is 0 Å². The first kappa shape index (κ1) is 8.77. The molecule has 13 heavy (non-hydrogen) atoms. The van der Waals surface area contributed by atoms with Crippen molar-refractivity contribution < 1.29 is 0 Å². The van der Waals surface area contributed by atoms with Gasteiger partial charge in [0.1, 0.15) is 0 Å². The van der Waals surface area contributed by atoms with Crippen LogP contribution < -0.4 is 5.32 Å². The number of thiophene rings is 1. The Balaban J connectivity index is 1.93. The molecule has 2 heterocycles. The largest absolute Gasteiger partial charge is 0.351 e. The molecule has 2 aromatic heterocycles. The lowest BCUT2D eigenvalue weighted by atomic mass is 10.5. The number of imidazole rings is 1. The van der Waals surface area contributed by atoms with Crippen LogP contribution >= 0.6 is 27.3 Å². The van der Waals surface area contributed by atoms with Crippen LogP contribution in [-0.2, 0) is 6.54 Å². The van der Waals surface area contributed by atoms with E-state index in [1.54, 1.807) is 23.7 Å². The van der Waals surface area contributed by atoms with E-state index < -0.39 is 0 Å². The van der Waals surface area contributed by atoms with Gasteiger partial charge in [0, 0.05) is 27.1 Å². The van der Waals surface area contributed by atoms with Gasteiger partial charge in [0.05, 0.1) is 6.54 Å². The van der Waals surface area contributed by atoms with Crippen LogP contribution in [0.1, 0.15) is 4.88 Å². The van der Waals surface area contributed by atoms with Crippen LogP contribution in [-0.4, -0.2) is 9.97 Å². The molecule has 0 aliphatic carbocycles. The van der Waals surface area contributed by atoms with Gasteiger partial charge < -0.3 is 10.3 Å². The first-order valence-electron chi connectivity index (χ1n) is 3.81. The number of rotatable bonds is 3. The molecule has 0 atom stereocenters. The Hall–Kier alpha value is -0.810. The molecule has 0 amide bonds. The summed E-state index contributed by atoms with van der Waals surface area (Å²) in [6, 6.07) is 2.10. The van der Waals surface area contributed by atoms with Crippen molar-refractivity contribution in [2.24, 2.45) is 0 Å². The molecule has 0 saturated carbocycles. The van der Waals surface area contributed by atoms with Gasteiger partial charge in [-0.3, -0.25) is 0 Å². The highest BCUT2D eigenvalue weighted by Gasteiger charge is 1.97. The second-order valence-corrected chi connectivity index (χ2v) is 4.43. The Morgan fingerprint density at radius 1 is 1.62 bits per heavy atom. The lowest BCUT2D eigenvalue weighted by Gasteiger charge is -1.98. The van der Waals surface area contributed by atoms with Crippen LogP contribution in [0.15, 0.2) is 28.3 Å². The molecule has 3 nitrogen and oxygen atoms in total. The van der Waals surface area contributed by atoms with Gasteiger partial charge in [0.25, 0.3) is 0 Å². The summed E-state index contributed by atoms with van der Waals surface area (Å²) in [7, 11) is 0. The summed E-state index contributed by atoms with van der Waals surface area (Å²) in [6.07, 6.45) is 3.53. The van der Waals surface area contributed by atoms with E-state index in [2.05, 4.69) is 42.7 Å². The zero-order valence-electron chi connectivity index (χ0n) is 6.75. The quantitative estimate of drug-likeness (QED) is 0.888. The van der Waals surface area contributed by atoms with E-state index >= 15 is 0 Å². The molecule has 2 aromatic rings. The summed E-state index contributed by atoms with van der Waals surface area (Å²) in [6.45, 7) is 0.809. The maximum Gasteiger partial charge on any atom is 0.200 e.